The van der Waals surface area contributed by atoms with Crippen LogP contribution in [0.5, 0.6) is 0 Å². The topological polar surface area (TPSA) is 68.9 Å². The Morgan fingerprint density at radius 2 is 1.88 bits per heavy atom. The zero-order valence-corrected chi connectivity index (χ0v) is 17.5. The lowest BCUT2D eigenvalue weighted by Crippen LogP contribution is -2.21. The normalized spacial score (nSPS) is 13.5. The summed E-state index contributed by atoms with van der Waals surface area (Å²) in [5.74, 6) is -1.41. The molecular formula is C24H20F2N4O2. The fourth-order valence-electron chi connectivity index (χ4n) is 3.89. The number of fused-ring (bicyclic) bond motifs is 1. The first-order valence-electron chi connectivity index (χ1n) is 10.3. The summed E-state index contributed by atoms with van der Waals surface area (Å²) in [5, 5.41) is 7.77. The van der Waals surface area contributed by atoms with Crippen LogP contribution in [0.4, 0.5) is 14.5 Å². The van der Waals surface area contributed by atoms with Crippen LogP contribution in [-0.2, 0) is 11.8 Å². The van der Waals surface area contributed by atoms with Crippen LogP contribution in [0, 0.1) is 24.5 Å². The lowest BCUT2D eigenvalue weighted by molar-refractivity contribution is -0.117. The Bertz CT molecular complexity index is 1450. The molecule has 4 aromatic rings. The number of benzene rings is 2. The summed E-state index contributed by atoms with van der Waals surface area (Å²) >= 11 is 0. The third-order valence-electron chi connectivity index (χ3n) is 5.81. The average Bonchev–Trinajstić information content (AvgIpc) is 3.53. The van der Waals surface area contributed by atoms with Crippen molar-refractivity contribution in [3.8, 4) is 16.8 Å². The van der Waals surface area contributed by atoms with Gasteiger partial charge < -0.3 is 5.32 Å². The molecule has 0 spiro atoms. The van der Waals surface area contributed by atoms with Crippen molar-refractivity contribution in [3.05, 3.63) is 76.2 Å². The van der Waals surface area contributed by atoms with Crippen molar-refractivity contribution in [2.75, 3.05) is 5.32 Å². The molecule has 32 heavy (non-hydrogen) atoms. The van der Waals surface area contributed by atoms with Gasteiger partial charge in [-0.3, -0.25) is 14.2 Å². The van der Waals surface area contributed by atoms with Gasteiger partial charge in [-0.25, -0.2) is 13.5 Å². The molecule has 6 nitrogen and oxygen atoms in total. The minimum Gasteiger partial charge on any atom is -0.326 e. The second kappa shape index (κ2) is 7.40. The van der Waals surface area contributed by atoms with Crippen LogP contribution in [0.1, 0.15) is 18.4 Å². The Morgan fingerprint density at radius 3 is 2.59 bits per heavy atom. The fourth-order valence-corrected chi connectivity index (χ4v) is 3.89. The smallest absolute Gasteiger partial charge is 0.259 e. The SMILES string of the molecule is Cc1ccc(NC(=O)C2CC2)cc1-c1cc2cnn(-c3ccc(F)cc3F)c2n(C)c1=O. The second-order valence-corrected chi connectivity index (χ2v) is 8.15. The number of anilines is 1. The zero-order chi connectivity index (χ0) is 22.6. The number of carbonyl (C=O) groups is 1. The molecule has 1 saturated carbocycles. The summed E-state index contributed by atoms with van der Waals surface area (Å²) in [6, 6.07) is 10.4. The molecule has 0 saturated heterocycles. The number of amides is 1. The van der Waals surface area contributed by atoms with Crippen molar-refractivity contribution in [1.29, 1.82) is 0 Å². The van der Waals surface area contributed by atoms with E-state index < -0.39 is 11.6 Å². The maximum atomic E-state index is 14.4. The van der Waals surface area contributed by atoms with Crippen LogP contribution in [0.2, 0.25) is 0 Å². The first-order chi connectivity index (χ1) is 15.3. The van der Waals surface area contributed by atoms with E-state index in [1.54, 1.807) is 19.2 Å². The number of nitrogens with zero attached hydrogens (tertiary/aromatic N) is 3. The van der Waals surface area contributed by atoms with E-state index in [4.69, 9.17) is 0 Å². The van der Waals surface area contributed by atoms with Crippen molar-refractivity contribution in [2.24, 2.45) is 13.0 Å². The van der Waals surface area contributed by atoms with Gasteiger partial charge in [-0.1, -0.05) is 6.07 Å². The van der Waals surface area contributed by atoms with Gasteiger partial charge in [-0.15, -0.1) is 0 Å². The molecule has 2 aromatic heterocycles. The molecule has 5 rings (SSSR count). The number of aromatic nitrogens is 3. The number of nitrogens with one attached hydrogen (secondary N) is 1. The molecule has 2 aromatic carbocycles. The quantitative estimate of drug-likeness (QED) is 0.520. The highest BCUT2D eigenvalue weighted by Gasteiger charge is 2.29. The number of rotatable bonds is 4. The highest BCUT2D eigenvalue weighted by Crippen LogP contribution is 2.32. The Hall–Kier alpha value is -3.81. The molecule has 0 aliphatic heterocycles. The molecule has 8 heteroatoms. The van der Waals surface area contributed by atoms with E-state index in [0.29, 0.717) is 27.8 Å². The van der Waals surface area contributed by atoms with Gasteiger partial charge in [0.15, 0.2) is 5.82 Å². The summed E-state index contributed by atoms with van der Waals surface area (Å²) < 4.78 is 30.4. The Labute approximate surface area is 182 Å². The molecule has 1 N–H and O–H groups in total. The number of hydrogen-bond donors (Lipinski definition) is 1. The van der Waals surface area contributed by atoms with Gasteiger partial charge in [-0.05, 0) is 61.2 Å². The molecule has 0 radical (unpaired) electrons. The van der Waals surface area contributed by atoms with Crippen LogP contribution < -0.4 is 10.9 Å². The minimum absolute atomic E-state index is 0.00856. The van der Waals surface area contributed by atoms with Crippen molar-refractivity contribution in [2.45, 2.75) is 19.8 Å². The lowest BCUT2D eigenvalue weighted by Gasteiger charge is -2.13. The van der Waals surface area contributed by atoms with Crippen molar-refractivity contribution < 1.29 is 13.6 Å². The summed E-state index contributed by atoms with van der Waals surface area (Å²) in [5.41, 5.74) is 2.79. The molecule has 2 heterocycles. The molecule has 1 fully saturated rings. The third-order valence-corrected chi connectivity index (χ3v) is 5.81. The fraction of sp³-hybridized carbons (Fsp3) is 0.208. The Morgan fingerprint density at radius 1 is 1.09 bits per heavy atom. The molecule has 1 aliphatic rings. The highest BCUT2D eigenvalue weighted by molar-refractivity contribution is 5.95. The predicted octanol–water partition coefficient (Wildman–Crippen LogP) is 4.33. The number of halogens is 2. The Kier molecular flexibility index (Phi) is 4.65. The second-order valence-electron chi connectivity index (χ2n) is 8.15. The molecule has 1 aliphatic carbocycles. The first kappa shape index (κ1) is 20.1. The summed E-state index contributed by atoms with van der Waals surface area (Å²) in [6.45, 7) is 1.89. The molecule has 162 valence electrons. The average molecular weight is 434 g/mol. The summed E-state index contributed by atoms with van der Waals surface area (Å²) in [7, 11) is 1.59. The van der Waals surface area contributed by atoms with E-state index in [1.807, 2.05) is 19.1 Å². The van der Waals surface area contributed by atoms with Crippen molar-refractivity contribution in [1.82, 2.24) is 14.3 Å². The monoisotopic (exact) mass is 434 g/mol. The molecular weight excluding hydrogens is 414 g/mol. The van der Waals surface area contributed by atoms with Gasteiger partial charge in [-0.2, -0.15) is 5.10 Å². The van der Waals surface area contributed by atoms with Crippen LogP contribution in [-0.4, -0.2) is 20.3 Å². The van der Waals surface area contributed by atoms with Gasteiger partial charge in [0.2, 0.25) is 5.91 Å². The number of aryl methyl sites for hydroxylation is 2. The molecule has 0 atom stereocenters. The molecule has 1 amide bonds. The lowest BCUT2D eigenvalue weighted by atomic mass is 10.00. The largest absolute Gasteiger partial charge is 0.326 e. The van der Waals surface area contributed by atoms with Crippen molar-refractivity contribution >= 4 is 22.6 Å². The molecule has 0 unspecified atom stereocenters. The predicted molar refractivity (Wildman–Crippen MR) is 118 cm³/mol. The maximum absolute atomic E-state index is 14.4. The van der Waals surface area contributed by atoms with Gasteiger partial charge >= 0.3 is 0 Å². The summed E-state index contributed by atoms with van der Waals surface area (Å²) in [6.07, 6.45) is 3.34. The minimum atomic E-state index is -0.776. The van der Waals surface area contributed by atoms with E-state index >= 15 is 0 Å². The standard InChI is InChI=1S/C24H20F2N4O2/c1-13-3-7-17(28-22(31)14-4-5-14)11-18(13)19-9-15-12-27-30(23(15)29(2)24(19)32)21-8-6-16(25)10-20(21)26/h3,6-12,14H,4-5H2,1-2H3,(H,28,31). The third kappa shape index (κ3) is 3.37. The van der Waals surface area contributed by atoms with Crippen LogP contribution in [0.25, 0.3) is 27.8 Å². The number of hydrogen-bond acceptors (Lipinski definition) is 3. The van der Waals surface area contributed by atoms with E-state index in [0.717, 1.165) is 30.5 Å². The maximum Gasteiger partial charge on any atom is 0.259 e. The van der Waals surface area contributed by atoms with Gasteiger partial charge in [0, 0.05) is 35.7 Å². The van der Waals surface area contributed by atoms with Gasteiger partial charge in [0.05, 0.1) is 6.20 Å². The van der Waals surface area contributed by atoms with Gasteiger partial charge in [0.1, 0.15) is 17.2 Å². The first-order valence-corrected chi connectivity index (χ1v) is 10.3. The summed E-state index contributed by atoms with van der Waals surface area (Å²) in [4.78, 5) is 25.4. The van der Waals surface area contributed by atoms with Crippen molar-refractivity contribution in [3.63, 3.8) is 0 Å². The van der Waals surface area contributed by atoms with Crippen LogP contribution >= 0.6 is 0 Å². The van der Waals surface area contributed by atoms with E-state index in [9.17, 15) is 18.4 Å². The Balaban J connectivity index is 1.63. The zero-order valence-electron chi connectivity index (χ0n) is 17.5. The highest BCUT2D eigenvalue weighted by atomic mass is 19.1. The van der Waals surface area contributed by atoms with E-state index in [2.05, 4.69) is 10.4 Å². The van der Waals surface area contributed by atoms with Crippen LogP contribution in [0.15, 0.2) is 53.5 Å². The molecule has 0 bridgehead atoms. The number of pyridine rings is 1. The van der Waals surface area contributed by atoms with E-state index in [1.165, 1.54) is 21.5 Å². The van der Waals surface area contributed by atoms with Gasteiger partial charge in [0.25, 0.3) is 5.56 Å². The van der Waals surface area contributed by atoms with Crippen LogP contribution in [0.3, 0.4) is 0 Å². The van der Waals surface area contributed by atoms with E-state index in [-0.39, 0.29) is 23.1 Å². The number of carbonyl (C=O) groups excluding carboxylic acids is 1.